The highest BCUT2D eigenvalue weighted by Crippen LogP contribution is 2.43. The van der Waals surface area contributed by atoms with Crippen molar-refractivity contribution < 1.29 is 13.2 Å². The standard InChI is InChI=1S/C18H27N3O3S/c1-14-5-7-16(8-6-14)25(23,24)21-11-10-20-17(22)18-9-3-2-4-15(18)12-19-13-18/h5-8,15,19,21H,2-4,9-13H2,1H3,(H,20,22)/t15-,18+/m0/s1. The van der Waals surface area contributed by atoms with Gasteiger partial charge in [0.2, 0.25) is 15.9 Å². The van der Waals surface area contributed by atoms with E-state index in [1.165, 1.54) is 6.42 Å². The van der Waals surface area contributed by atoms with E-state index in [-0.39, 0.29) is 22.8 Å². The molecule has 1 aliphatic carbocycles. The van der Waals surface area contributed by atoms with Gasteiger partial charge in [0, 0.05) is 19.6 Å². The van der Waals surface area contributed by atoms with Crippen LogP contribution in [0.4, 0.5) is 0 Å². The predicted molar refractivity (Wildman–Crippen MR) is 96.6 cm³/mol. The molecule has 1 aromatic rings. The van der Waals surface area contributed by atoms with Gasteiger partial charge in [0.25, 0.3) is 0 Å². The molecule has 25 heavy (non-hydrogen) atoms. The van der Waals surface area contributed by atoms with Crippen molar-refractivity contribution in [3.05, 3.63) is 29.8 Å². The number of aryl methyl sites for hydroxylation is 1. The number of hydrogen-bond acceptors (Lipinski definition) is 4. The van der Waals surface area contributed by atoms with Crippen LogP contribution in [0.25, 0.3) is 0 Å². The molecular weight excluding hydrogens is 338 g/mol. The molecule has 6 nitrogen and oxygen atoms in total. The van der Waals surface area contributed by atoms with E-state index in [4.69, 9.17) is 0 Å². The van der Waals surface area contributed by atoms with Crippen molar-refractivity contribution in [2.24, 2.45) is 11.3 Å². The quantitative estimate of drug-likeness (QED) is 0.661. The fourth-order valence-electron chi connectivity index (χ4n) is 4.03. The Morgan fingerprint density at radius 1 is 1.24 bits per heavy atom. The number of hydrogen-bond donors (Lipinski definition) is 3. The van der Waals surface area contributed by atoms with Gasteiger partial charge in [0.15, 0.2) is 0 Å². The summed E-state index contributed by atoms with van der Waals surface area (Å²) in [5.74, 6) is 0.474. The lowest BCUT2D eigenvalue weighted by Crippen LogP contribution is -2.49. The lowest BCUT2D eigenvalue weighted by molar-refractivity contribution is -0.133. The molecule has 0 spiro atoms. The molecule has 0 bridgehead atoms. The summed E-state index contributed by atoms with van der Waals surface area (Å²) in [7, 11) is -3.53. The van der Waals surface area contributed by atoms with E-state index in [0.717, 1.165) is 37.9 Å². The van der Waals surface area contributed by atoms with Gasteiger partial charge in [-0.15, -0.1) is 0 Å². The maximum atomic E-state index is 12.7. The highest BCUT2D eigenvalue weighted by Gasteiger charge is 2.49. The summed E-state index contributed by atoms with van der Waals surface area (Å²) in [6, 6.07) is 6.72. The number of nitrogens with one attached hydrogen (secondary N) is 3. The van der Waals surface area contributed by atoms with E-state index in [1.54, 1.807) is 24.3 Å². The third-order valence-electron chi connectivity index (χ3n) is 5.52. The number of carbonyl (C=O) groups excluding carboxylic acids is 1. The molecule has 1 amide bonds. The average molecular weight is 365 g/mol. The number of amides is 1. The van der Waals surface area contributed by atoms with Crippen LogP contribution >= 0.6 is 0 Å². The highest BCUT2D eigenvalue weighted by atomic mass is 32.2. The van der Waals surface area contributed by atoms with Gasteiger partial charge in [0.1, 0.15) is 0 Å². The summed E-state index contributed by atoms with van der Waals surface area (Å²) in [5, 5.41) is 6.30. The first-order chi connectivity index (χ1) is 11.9. The second-order valence-electron chi connectivity index (χ2n) is 7.20. The second-order valence-corrected chi connectivity index (χ2v) is 8.96. The van der Waals surface area contributed by atoms with Crippen molar-refractivity contribution in [2.45, 2.75) is 37.5 Å². The van der Waals surface area contributed by atoms with Crippen LogP contribution in [0.15, 0.2) is 29.2 Å². The molecule has 7 heteroatoms. The molecule has 2 fully saturated rings. The van der Waals surface area contributed by atoms with Crippen molar-refractivity contribution in [1.82, 2.24) is 15.4 Å². The molecule has 1 heterocycles. The molecule has 1 saturated carbocycles. The summed E-state index contributed by atoms with van der Waals surface area (Å²) in [5.41, 5.74) is 0.714. The fraction of sp³-hybridized carbons (Fsp3) is 0.611. The first-order valence-electron chi connectivity index (χ1n) is 8.99. The molecule has 2 aliphatic rings. The zero-order chi connectivity index (χ0) is 17.9. The number of rotatable bonds is 6. The van der Waals surface area contributed by atoms with Crippen LogP contribution in [-0.2, 0) is 14.8 Å². The van der Waals surface area contributed by atoms with Crippen molar-refractivity contribution in [2.75, 3.05) is 26.2 Å². The Balaban J connectivity index is 1.51. The Morgan fingerprint density at radius 2 is 2.00 bits per heavy atom. The van der Waals surface area contributed by atoms with E-state index in [0.29, 0.717) is 12.5 Å². The summed E-state index contributed by atoms with van der Waals surface area (Å²) < 4.78 is 27.0. The van der Waals surface area contributed by atoms with Crippen LogP contribution in [0, 0.1) is 18.3 Å². The molecule has 1 aromatic carbocycles. The van der Waals surface area contributed by atoms with Gasteiger partial charge in [0.05, 0.1) is 10.3 Å². The molecular formula is C18H27N3O3S. The van der Waals surface area contributed by atoms with Crippen molar-refractivity contribution in [3.8, 4) is 0 Å². The number of carbonyl (C=O) groups is 1. The van der Waals surface area contributed by atoms with Gasteiger partial charge in [-0.25, -0.2) is 13.1 Å². The van der Waals surface area contributed by atoms with Gasteiger partial charge >= 0.3 is 0 Å². The SMILES string of the molecule is Cc1ccc(S(=O)(=O)NCCNC(=O)[C@@]23CCCC[C@H]2CNC3)cc1. The molecule has 1 saturated heterocycles. The summed E-state index contributed by atoms with van der Waals surface area (Å²) in [6.45, 7) is 4.05. The highest BCUT2D eigenvalue weighted by molar-refractivity contribution is 7.89. The van der Waals surface area contributed by atoms with Gasteiger partial charge in [-0.05, 0) is 44.4 Å². The first-order valence-corrected chi connectivity index (χ1v) is 10.5. The topological polar surface area (TPSA) is 87.3 Å². The zero-order valence-corrected chi connectivity index (χ0v) is 15.5. The molecule has 2 atom stereocenters. The molecule has 1 aliphatic heterocycles. The maximum absolute atomic E-state index is 12.7. The largest absolute Gasteiger partial charge is 0.354 e. The molecule has 138 valence electrons. The maximum Gasteiger partial charge on any atom is 0.240 e. The lowest BCUT2D eigenvalue weighted by atomic mass is 9.67. The number of benzene rings is 1. The van der Waals surface area contributed by atoms with Crippen molar-refractivity contribution in [3.63, 3.8) is 0 Å². The van der Waals surface area contributed by atoms with E-state index in [1.807, 2.05) is 6.92 Å². The molecule has 0 unspecified atom stereocenters. The molecule has 0 aromatic heterocycles. The zero-order valence-electron chi connectivity index (χ0n) is 14.7. The summed E-state index contributed by atoms with van der Waals surface area (Å²) in [6.07, 6.45) is 4.30. The molecule has 3 N–H and O–H groups in total. The third kappa shape index (κ3) is 3.88. The minimum atomic E-state index is -3.53. The summed E-state index contributed by atoms with van der Waals surface area (Å²) in [4.78, 5) is 13.0. The van der Waals surface area contributed by atoms with E-state index < -0.39 is 10.0 Å². The Kier molecular flexibility index (Phi) is 5.46. The number of sulfonamides is 1. The van der Waals surface area contributed by atoms with Gasteiger partial charge in [-0.1, -0.05) is 30.5 Å². The van der Waals surface area contributed by atoms with Crippen LogP contribution in [0.3, 0.4) is 0 Å². The van der Waals surface area contributed by atoms with Crippen LogP contribution in [0.5, 0.6) is 0 Å². The number of fused-ring (bicyclic) bond motifs is 1. The predicted octanol–water partition coefficient (Wildman–Crippen LogP) is 1.17. The molecule has 3 rings (SSSR count). The Labute approximate surface area is 149 Å². The smallest absolute Gasteiger partial charge is 0.240 e. The minimum Gasteiger partial charge on any atom is -0.354 e. The van der Waals surface area contributed by atoms with Crippen LogP contribution in [0.2, 0.25) is 0 Å². The summed E-state index contributed by atoms with van der Waals surface area (Å²) >= 11 is 0. The average Bonchev–Trinajstić information content (AvgIpc) is 3.04. The van der Waals surface area contributed by atoms with Gasteiger partial charge < -0.3 is 10.6 Å². The van der Waals surface area contributed by atoms with E-state index in [9.17, 15) is 13.2 Å². The van der Waals surface area contributed by atoms with Crippen LogP contribution in [-0.4, -0.2) is 40.5 Å². The van der Waals surface area contributed by atoms with Gasteiger partial charge in [-0.2, -0.15) is 0 Å². The monoisotopic (exact) mass is 365 g/mol. The Morgan fingerprint density at radius 3 is 2.76 bits per heavy atom. The van der Waals surface area contributed by atoms with Crippen LogP contribution in [0.1, 0.15) is 31.2 Å². The first kappa shape index (κ1) is 18.4. The van der Waals surface area contributed by atoms with E-state index >= 15 is 0 Å². The van der Waals surface area contributed by atoms with Crippen LogP contribution < -0.4 is 15.4 Å². The van der Waals surface area contributed by atoms with Gasteiger partial charge in [-0.3, -0.25) is 4.79 Å². The Hall–Kier alpha value is -1.44. The fourth-order valence-corrected chi connectivity index (χ4v) is 5.06. The lowest BCUT2D eigenvalue weighted by Gasteiger charge is -2.37. The minimum absolute atomic E-state index is 0.0664. The van der Waals surface area contributed by atoms with Crippen molar-refractivity contribution >= 4 is 15.9 Å². The van der Waals surface area contributed by atoms with Crippen molar-refractivity contribution in [1.29, 1.82) is 0 Å². The normalized spacial score (nSPS) is 26.2. The third-order valence-corrected chi connectivity index (χ3v) is 7.00. The van der Waals surface area contributed by atoms with E-state index in [2.05, 4.69) is 15.4 Å². The Bertz CT molecular complexity index is 718. The second kappa shape index (κ2) is 7.43. The molecule has 0 radical (unpaired) electrons.